The molecule has 0 bridgehead atoms. The Kier molecular flexibility index (Phi) is 5.53. The number of aryl methyl sites for hydroxylation is 2. The zero-order valence-corrected chi connectivity index (χ0v) is 19.2. The van der Waals surface area contributed by atoms with Gasteiger partial charge in [0, 0.05) is 31.9 Å². The summed E-state index contributed by atoms with van der Waals surface area (Å²) in [5.74, 6) is 0.0327. The summed E-state index contributed by atoms with van der Waals surface area (Å²) in [4.78, 5) is 19.0. The summed E-state index contributed by atoms with van der Waals surface area (Å²) in [6.45, 7) is 7.24. The van der Waals surface area contributed by atoms with Gasteiger partial charge in [-0.25, -0.2) is 4.68 Å². The van der Waals surface area contributed by atoms with E-state index >= 15 is 0 Å². The third-order valence-corrected chi connectivity index (χ3v) is 6.90. The van der Waals surface area contributed by atoms with Gasteiger partial charge in [0.15, 0.2) is 0 Å². The van der Waals surface area contributed by atoms with Gasteiger partial charge in [-0.05, 0) is 55.1 Å². The number of carbonyl (C=O) groups is 1. The van der Waals surface area contributed by atoms with Gasteiger partial charge in [-0.15, -0.1) is 11.3 Å². The van der Waals surface area contributed by atoms with E-state index in [9.17, 15) is 4.79 Å². The normalized spacial score (nSPS) is 14.1. The molecule has 6 heteroatoms. The molecule has 5 nitrogen and oxygen atoms in total. The van der Waals surface area contributed by atoms with Gasteiger partial charge in [-0.3, -0.25) is 4.79 Å². The fraction of sp³-hybridized carbons (Fsp3) is 0.231. The Morgan fingerprint density at radius 3 is 2.34 bits per heavy atom. The van der Waals surface area contributed by atoms with Gasteiger partial charge < -0.3 is 9.80 Å². The summed E-state index contributed by atoms with van der Waals surface area (Å²) in [6, 6.07) is 22.6. The second-order valence-electron chi connectivity index (χ2n) is 8.21. The highest BCUT2D eigenvalue weighted by Gasteiger charge is 2.27. The molecule has 0 saturated carbocycles. The Morgan fingerprint density at radius 1 is 0.906 bits per heavy atom. The van der Waals surface area contributed by atoms with E-state index in [1.54, 1.807) is 16.0 Å². The van der Waals surface area contributed by atoms with Gasteiger partial charge in [0.2, 0.25) is 0 Å². The number of rotatable bonds is 4. The summed E-state index contributed by atoms with van der Waals surface area (Å²) in [6.07, 6.45) is 0. The predicted molar refractivity (Wildman–Crippen MR) is 131 cm³/mol. The Morgan fingerprint density at radius 2 is 1.66 bits per heavy atom. The summed E-state index contributed by atoms with van der Waals surface area (Å²) >= 11 is 1.63. The smallest absolute Gasteiger partial charge is 0.272 e. The van der Waals surface area contributed by atoms with Crippen molar-refractivity contribution in [3.8, 4) is 16.3 Å². The molecule has 0 aliphatic carbocycles. The number of anilines is 1. The minimum absolute atomic E-state index is 0.0327. The van der Waals surface area contributed by atoms with E-state index < -0.39 is 0 Å². The summed E-state index contributed by atoms with van der Waals surface area (Å²) in [5, 5.41) is 6.85. The third kappa shape index (κ3) is 3.94. The number of benzene rings is 2. The maximum Gasteiger partial charge on any atom is 0.272 e. The molecule has 5 rings (SSSR count). The maximum absolute atomic E-state index is 13.6. The number of hydrogen-bond donors (Lipinski definition) is 0. The molecule has 4 aromatic rings. The van der Waals surface area contributed by atoms with Crippen molar-refractivity contribution in [2.75, 3.05) is 31.1 Å². The standard InChI is InChI=1S/C26H26N4OS/c1-19-9-11-21(12-10-19)30-24(18-22(27-30)25-8-5-17-32-25)26(31)29-15-13-28(14-16-29)23-7-4-3-6-20(23)2/h3-12,17-18H,13-16H2,1-2H3. The highest BCUT2D eigenvalue weighted by Crippen LogP contribution is 2.27. The zero-order valence-electron chi connectivity index (χ0n) is 18.4. The van der Waals surface area contributed by atoms with Crippen molar-refractivity contribution in [3.05, 3.63) is 88.9 Å². The predicted octanol–water partition coefficient (Wildman–Crippen LogP) is 5.18. The zero-order chi connectivity index (χ0) is 22.1. The van der Waals surface area contributed by atoms with E-state index in [1.807, 2.05) is 40.6 Å². The lowest BCUT2D eigenvalue weighted by Gasteiger charge is -2.36. The van der Waals surface area contributed by atoms with Gasteiger partial charge >= 0.3 is 0 Å². The molecule has 1 aliphatic rings. The van der Waals surface area contributed by atoms with Crippen molar-refractivity contribution >= 4 is 22.9 Å². The van der Waals surface area contributed by atoms with Crippen LogP contribution in [0.5, 0.6) is 0 Å². The van der Waals surface area contributed by atoms with Crippen molar-refractivity contribution in [1.82, 2.24) is 14.7 Å². The van der Waals surface area contributed by atoms with Crippen LogP contribution in [0.2, 0.25) is 0 Å². The highest BCUT2D eigenvalue weighted by molar-refractivity contribution is 7.13. The molecular weight excluding hydrogens is 416 g/mol. The van der Waals surface area contributed by atoms with Crippen LogP contribution in [-0.2, 0) is 0 Å². The second-order valence-corrected chi connectivity index (χ2v) is 9.15. The molecule has 1 saturated heterocycles. The Hall–Kier alpha value is -3.38. The van der Waals surface area contributed by atoms with Crippen molar-refractivity contribution in [1.29, 1.82) is 0 Å². The maximum atomic E-state index is 13.6. The van der Waals surface area contributed by atoms with Crippen LogP contribution in [-0.4, -0.2) is 46.8 Å². The quantitative estimate of drug-likeness (QED) is 0.437. The van der Waals surface area contributed by atoms with Gasteiger partial charge in [-0.2, -0.15) is 5.10 Å². The largest absolute Gasteiger partial charge is 0.368 e. The molecule has 3 heterocycles. The fourth-order valence-electron chi connectivity index (χ4n) is 4.19. The Balaban J connectivity index is 1.42. The monoisotopic (exact) mass is 442 g/mol. The Labute approximate surface area is 192 Å². The lowest BCUT2D eigenvalue weighted by atomic mass is 10.1. The van der Waals surface area contributed by atoms with Crippen LogP contribution in [0.1, 0.15) is 21.6 Å². The van der Waals surface area contributed by atoms with Gasteiger partial charge in [0.25, 0.3) is 5.91 Å². The van der Waals surface area contributed by atoms with Crippen molar-refractivity contribution < 1.29 is 4.79 Å². The van der Waals surface area contributed by atoms with Gasteiger partial charge in [0.1, 0.15) is 11.4 Å². The second kappa shape index (κ2) is 8.63. The first-order valence-corrected chi connectivity index (χ1v) is 11.8. The van der Waals surface area contributed by atoms with Crippen LogP contribution in [0.25, 0.3) is 16.3 Å². The lowest BCUT2D eigenvalue weighted by molar-refractivity contribution is 0.0737. The molecule has 2 aromatic carbocycles. The van der Waals surface area contributed by atoms with E-state index in [4.69, 9.17) is 5.10 Å². The number of piperazine rings is 1. The minimum atomic E-state index is 0.0327. The number of amides is 1. The number of aromatic nitrogens is 2. The molecule has 162 valence electrons. The summed E-state index contributed by atoms with van der Waals surface area (Å²) in [5.41, 5.74) is 6.05. The van der Waals surface area contributed by atoms with Crippen LogP contribution in [0.15, 0.2) is 72.1 Å². The minimum Gasteiger partial charge on any atom is -0.368 e. The number of thiophene rings is 1. The van der Waals surface area contributed by atoms with E-state index in [2.05, 4.69) is 55.1 Å². The van der Waals surface area contributed by atoms with Crippen molar-refractivity contribution in [2.45, 2.75) is 13.8 Å². The van der Waals surface area contributed by atoms with Crippen LogP contribution in [0, 0.1) is 13.8 Å². The first-order valence-electron chi connectivity index (χ1n) is 10.9. The first-order chi connectivity index (χ1) is 15.6. The average Bonchev–Trinajstić information content (AvgIpc) is 3.50. The van der Waals surface area contributed by atoms with Crippen molar-refractivity contribution in [2.24, 2.45) is 0 Å². The van der Waals surface area contributed by atoms with Crippen LogP contribution >= 0.6 is 11.3 Å². The highest BCUT2D eigenvalue weighted by atomic mass is 32.1. The van der Waals surface area contributed by atoms with E-state index in [-0.39, 0.29) is 5.91 Å². The molecule has 2 aromatic heterocycles. The first kappa shape index (κ1) is 20.5. The molecule has 0 N–H and O–H groups in total. The van der Waals surface area contributed by atoms with E-state index in [1.165, 1.54) is 16.8 Å². The van der Waals surface area contributed by atoms with Crippen LogP contribution in [0.3, 0.4) is 0 Å². The molecule has 0 spiro atoms. The molecular formula is C26H26N4OS. The fourth-order valence-corrected chi connectivity index (χ4v) is 4.87. The molecule has 0 unspecified atom stereocenters. The van der Waals surface area contributed by atoms with Gasteiger partial charge in [0.05, 0.1) is 10.6 Å². The Bertz CT molecular complexity index is 1220. The third-order valence-electron chi connectivity index (χ3n) is 6.00. The lowest BCUT2D eigenvalue weighted by Crippen LogP contribution is -2.49. The number of para-hydroxylation sites is 1. The van der Waals surface area contributed by atoms with Gasteiger partial charge in [-0.1, -0.05) is 42.0 Å². The SMILES string of the molecule is Cc1ccc(-n2nc(-c3cccs3)cc2C(=O)N2CCN(c3ccccc3C)CC2)cc1. The molecule has 0 atom stereocenters. The summed E-state index contributed by atoms with van der Waals surface area (Å²) < 4.78 is 1.80. The number of nitrogens with zero attached hydrogens (tertiary/aromatic N) is 4. The summed E-state index contributed by atoms with van der Waals surface area (Å²) in [7, 11) is 0. The molecule has 1 aliphatic heterocycles. The topological polar surface area (TPSA) is 41.4 Å². The molecule has 1 fully saturated rings. The average molecular weight is 443 g/mol. The van der Waals surface area contributed by atoms with E-state index in [0.717, 1.165) is 29.3 Å². The molecule has 0 radical (unpaired) electrons. The van der Waals surface area contributed by atoms with Crippen LogP contribution in [0.4, 0.5) is 5.69 Å². The van der Waals surface area contributed by atoms with Crippen molar-refractivity contribution in [3.63, 3.8) is 0 Å². The molecule has 1 amide bonds. The number of carbonyl (C=O) groups excluding carboxylic acids is 1. The van der Waals surface area contributed by atoms with E-state index in [0.29, 0.717) is 18.8 Å². The number of hydrogen-bond acceptors (Lipinski definition) is 4. The molecule has 32 heavy (non-hydrogen) atoms. The van der Waals surface area contributed by atoms with Crippen LogP contribution < -0.4 is 4.90 Å².